The Hall–Kier alpha value is -2.60. The number of methoxy groups -OCH3 is 1. The Balaban J connectivity index is 1.93. The van der Waals surface area contributed by atoms with Crippen LogP contribution in [-0.4, -0.2) is 27.6 Å². The molecule has 7 heteroatoms. The number of benzene rings is 1. The molecule has 3 aromatic rings. The van der Waals surface area contributed by atoms with Crippen LogP contribution in [0.3, 0.4) is 0 Å². The maximum atomic E-state index is 12.5. The number of nitrogens with zero attached hydrogens (tertiary/aromatic N) is 3. The third-order valence-corrected chi connectivity index (χ3v) is 3.73. The molecule has 118 valence electrons. The summed E-state index contributed by atoms with van der Waals surface area (Å²) in [5.74, 6) is 0.257. The van der Waals surface area contributed by atoms with Gasteiger partial charge in [-0.1, -0.05) is 11.6 Å². The quantitative estimate of drug-likeness (QED) is 0.800. The molecule has 1 N–H and O–H groups in total. The lowest BCUT2D eigenvalue weighted by molar-refractivity contribution is 0.102. The number of hydrogen-bond acceptors (Lipinski definition) is 4. The number of carbonyl (C=O) groups excluding carboxylic acids is 1. The van der Waals surface area contributed by atoms with Crippen molar-refractivity contribution < 1.29 is 9.53 Å². The summed E-state index contributed by atoms with van der Waals surface area (Å²) in [6, 6.07) is 6.96. The van der Waals surface area contributed by atoms with Crippen molar-refractivity contribution in [2.45, 2.75) is 13.8 Å². The van der Waals surface area contributed by atoms with Gasteiger partial charge in [-0.25, -0.2) is 9.50 Å². The lowest BCUT2D eigenvalue weighted by atomic mass is 10.2. The molecule has 0 saturated heterocycles. The summed E-state index contributed by atoms with van der Waals surface area (Å²) in [4.78, 5) is 16.9. The fourth-order valence-electron chi connectivity index (χ4n) is 2.37. The molecule has 0 spiro atoms. The van der Waals surface area contributed by atoms with Gasteiger partial charge in [0.2, 0.25) is 0 Å². The van der Waals surface area contributed by atoms with Gasteiger partial charge < -0.3 is 10.1 Å². The molecule has 0 aliphatic rings. The van der Waals surface area contributed by atoms with Gasteiger partial charge in [0.15, 0.2) is 5.65 Å². The molecule has 0 radical (unpaired) electrons. The van der Waals surface area contributed by atoms with Gasteiger partial charge in [0, 0.05) is 17.1 Å². The Bertz CT molecular complexity index is 904. The molecule has 6 nitrogen and oxygen atoms in total. The van der Waals surface area contributed by atoms with E-state index in [9.17, 15) is 4.79 Å². The minimum Gasteiger partial charge on any atom is -0.495 e. The summed E-state index contributed by atoms with van der Waals surface area (Å²) >= 11 is 6.07. The van der Waals surface area contributed by atoms with Crippen molar-refractivity contribution in [2.24, 2.45) is 0 Å². The highest BCUT2D eigenvalue weighted by atomic mass is 35.5. The Morgan fingerprint density at radius 2 is 2.09 bits per heavy atom. The zero-order chi connectivity index (χ0) is 16.6. The smallest absolute Gasteiger partial charge is 0.261 e. The van der Waals surface area contributed by atoms with Crippen LogP contribution in [0.1, 0.15) is 21.7 Å². The summed E-state index contributed by atoms with van der Waals surface area (Å²) in [5, 5.41) is 7.44. The highest BCUT2D eigenvalue weighted by Crippen LogP contribution is 2.27. The highest BCUT2D eigenvalue weighted by Gasteiger charge is 2.16. The minimum atomic E-state index is -0.293. The van der Waals surface area contributed by atoms with Crippen LogP contribution in [0.5, 0.6) is 5.75 Å². The summed E-state index contributed by atoms with van der Waals surface area (Å²) < 4.78 is 6.73. The third kappa shape index (κ3) is 2.85. The summed E-state index contributed by atoms with van der Waals surface area (Å²) in [5.41, 5.74) is 3.25. The third-order valence-electron chi connectivity index (χ3n) is 3.43. The van der Waals surface area contributed by atoms with E-state index in [1.165, 1.54) is 13.3 Å². The van der Waals surface area contributed by atoms with Crippen LogP contribution in [0.2, 0.25) is 5.02 Å². The molecule has 0 saturated carbocycles. The number of halogens is 1. The zero-order valence-electron chi connectivity index (χ0n) is 12.9. The topological polar surface area (TPSA) is 68.5 Å². The van der Waals surface area contributed by atoms with Crippen LogP contribution in [0.25, 0.3) is 5.65 Å². The fourth-order valence-corrected chi connectivity index (χ4v) is 2.63. The number of rotatable bonds is 3. The Labute approximate surface area is 138 Å². The number of carbonyl (C=O) groups is 1. The molecule has 0 aliphatic carbocycles. The molecule has 0 fully saturated rings. The van der Waals surface area contributed by atoms with Gasteiger partial charge in [0.25, 0.3) is 5.91 Å². The van der Waals surface area contributed by atoms with E-state index in [0.29, 0.717) is 27.7 Å². The number of amides is 1. The second-order valence-electron chi connectivity index (χ2n) is 5.14. The lowest BCUT2D eigenvalue weighted by Gasteiger charge is -2.07. The number of fused-ring (bicyclic) bond motifs is 1. The van der Waals surface area contributed by atoms with Gasteiger partial charge in [0.05, 0.1) is 18.3 Å². The summed E-state index contributed by atoms with van der Waals surface area (Å²) in [7, 11) is 1.54. The number of ether oxygens (including phenoxy) is 1. The van der Waals surface area contributed by atoms with Gasteiger partial charge in [0.1, 0.15) is 11.3 Å². The maximum absolute atomic E-state index is 12.5. The maximum Gasteiger partial charge on any atom is 0.261 e. The molecule has 0 atom stereocenters. The molecule has 1 aromatic carbocycles. The average molecular weight is 331 g/mol. The van der Waals surface area contributed by atoms with Gasteiger partial charge in [-0.05, 0) is 38.1 Å². The molecular weight excluding hydrogens is 316 g/mol. The van der Waals surface area contributed by atoms with Crippen molar-refractivity contribution >= 4 is 28.8 Å². The zero-order valence-corrected chi connectivity index (χ0v) is 13.7. The van der Waals surface area contributed by atoms with Crippen molar-refractivity contribution in [3.8, 4) is 5.75 Å². The largest absolute Gasteiger partial charge is 0.495 e. The van der Waals surface area contributed by atoms with E-state index in [2.05, 4.69) is 15.4 Å². The van der Waals surface area contributed by atoms with E-state index in [4.69, 9.17) is 16.3 Å². The first kappa shape index (κ1) is 15.3. The van der Waals surface area contributed by atoms with Crippen LogP contribution in [-0.2, 0) is 0 Å². The molecule has 3 rings (SSSR count). The van der Waals surface area contributed by atoms with E-state index in [1.54, 1.807) is 22.7 Å². The highest BCUT2D eigenvalue weighted by molar-refractivity contribution is 6.32. The standard InChI is InChI=1S/C16H15ClN4O2/c1-9-6-10(2)21-15(19-9)12(8-18-21)16(22)20-11-4-5-14(23-3)13(17)7-11/h4-8H,1-3H3,(H,20,22). The van der Waals surface area contributed by atoms with Gasteiger partial charge in [-0.15, -0.1) is 0 Å². The molecular formula is C16H15ClN4O2. The second kappa shape index (κ2) is 5.89. The first-order chi connectivity index (χ1) is 11.0. The van der Waals surface area contributed by atoms with Crippen LogP contribution in [0.15, 0.2) is 30.5 Å². The Morgan fingerprint density at radius 1 is 1.30 bits per heavy atom. The van der Waals surface area contributed by atoms with E-state index in [1.807, 2.05) is 19.9 Å². The van der Waals surface area contributed by atoms with Crippen molar-refractivity contribution in [1.29, 1.82) is 0 Å². The van der Waals surface area contributed by atoms with Crippen LogP contribution >= 0.6 is 11.6 Å². The fraction of sp³-hybridized carbons (Fsp3) is 0.188. The predicted octanol–water partition coefficient (Wildman–Crippen LogP) is 3.26. The van der Waals surface area contributed by atoms with Gasteiger partial charge in [-0.3, -0.25) is 4.79 Å². The molecule has 23 heavy (non-hydrogen) atoms. The van der Waals surface area contributed by atoms with Crippen molar-refractivity contribution in [3.63, 3.8) is 0 Å². The van der Waals surface area contributed by atoms with Crippen LogP contribution in [0, 0.1) is 13.8 Å². The molecule has 2 aromatic heterocycles. The average Bonchev–Trinajstić information content (AvgIpc) is 2.91. The number of aryl methyl sites for hydroxylation is 2. The number of hydrogen-bond donors (Lipinski definition) is 1. The van der Waals surface area contributed by atoms with Crippen molar-refractivity contribution in [1.82, 2.24) is 14.6 Å². The monoisotopic (exact) mass is 330 g/mol. The van der Waals surface area contributed by atoms with E-state index in [-0.39, 0.29) is 5.91 Å². The van der Waals surface area contributed by atoms with Crippen molar-refractivity contribution in [2.75, 3.05) is 12.4 Å². The molecule has 1 amide bonds. The Kier molecular flexibility index (Phi) is 3.92. The van der Waals surface area contributed by atoms with E-state index >= 15 is 0 Å². The lowest BCUT2D eigenvalue weighted by Crippen LogP contribution is -2.12. The summed E-state index contributed by atoms with van der Waals surface area (Å²) in [6.45, 7) is 3.80. The molecule has 0 aliphatic heterocycles. The van der Waals surface area contributed by atoms with Crippen molar-refractivity contribution in [3.05, 3.63) is 52.4 Å². The second-order valence-corrected chi connectivity index (χ2v) is 5.54. The number of nitrogens with one attached hydrogen (secondary N) is 1. The van der Waals surface area contributed by atoms with Gasteiger partial charge in [-0.2, -0.15) is 5.10 Å². The minimum absolute atomic E-state index is 0.293. The number of anilines is 1. The first-order valence-corrected chi connectivity index (χ1v) is 7.34. The van der Waals surface area contributed by atoms with Crippen LogP contribution in [0.4, 0.5) is 5.69 Å². The Morgan fingerprint density at radius 3 is 2.78 bits per heavy atom. The normalized spacial score (nSPS) is 10.8. The molecule has 0 bridgehead atoms. The van der Waals surface area contributed by atoms with Crippen LogP contribution < -0.4 is 10.1 Å². The summed E-state index contributed by atoms with van der Waals surface area (Å²) in [6.07, 6.45) is 1.51. The first-order valence-electron chi connectivity index (χ1n) is 6.96. The SMILES string of the molecule is COc1ccc(NC(=O)c2cnn3c(C)cc(C)nc23)cc1Cl. The molecule has 2 heterocycles. The molecule has 0 unspecified atom stereocenters. The number of aromatic nitrogens is 3. The predicted molar refractivity (Wildman–Crippen MR) is 88.4 cm³/mol. The van der Waals surface area contributed by atoms with Gasteiger partial charge >= 0.3 is 0 Å². The van der Waals surface area contributed by atoms with E-state index in [0.717, 1.165) is 11.4 Å². The van der Waals surface area contributed by atoms with E-state index < -0.39 is 0 Å².